The molecule has 0 aliphatic rings. The lowest BCUT2D eigenvalue weighted by molar-refractivity contribution is -0.145. The number of aliphatic hydroxyl groups excluding tert-OH is 2. The number of aliphatic carboxylic acids is 1. The minimum absolute atomic E-state index is 0.250. The number of hydrogen-bond donors (Lipinski definition) is 8. The van der Waals surface area contributed by atoms with Gasteiger partial charge in [0.1, 0.15) is 12.1 Å². The normalized spacial score (nSPS) is 16.9. The predicted octanol–water partition coefficient (Wildman–Crippen LogP) is -3.46. The van der Waals surface area contributed by atoms with Crippen LogP contribution in [-0.2, 0) is 24.0 Å². The van der Waals surface area contributed by atoms with Crippen molar-refractivity contribution in [3.8, 4) is 0 Å². The molecule has 0 aromatic heterocycles. The molecular formula is C18H33N5O8. The first-order valence-electron chi connectivity index (χ1n) is 9.72. The highest BCUT2D eigenvalue weighted by atomic mass is 16.4. The summed E-state index contributed by atoms with van der Waals surface area (Å²) in [4.78, 5) is 59.6. The van der Waals surface area contributed by atoms with Gasteiger partial charge in [-0.2, -0.15) is 0 Å². The summed E-state index contributed by atoms with van der Waals surface area (Å²) in [6, 6.07) is -5.53. The largest absolute Gasteiger partial charge is 0.480 e. The molecule has 13 nitrogen and oxygen atoms in total. The number of carbonyl (C=O) groups excluding carboxylic acids is 4. The van der Waals surface area contributed by atoms with Crippen LogP contribution in [-0.4, -0.2) is 81.3 Å². The van der Waals surface area contributed by atoms with E-state index in [1.165, 1.54) is 6.92 Å². The molecule has 31 heavy (non-hydrogen) atoms. The number of aliphatic hydroxyl groups is 2. The molecule has 0 saturated carbocycles. The van der Waals surface area contributed by atoms with Crippen molar-refractivity contribution in [2.24, 2.45) is 17.4 Å². The van der Waals surface area contributed by atoms with E-state index in [0.717, 1.165) is 6.92 Å². The molecule has 0 aliphatic carbocycles. The van der Waals surface area contributed by atoms with Crippen molar-refractivity contribution in [1.82, 2.24) is 16.0 Å². The monoisotopic (exact) mass is 447 g/mol. The van der Waals surface area contributed by atoms with Gasteiger partial charge in [-0.05, 0) is 26.2 Å². The molecule has 6 unspecified atom stereocenters. The zero-order valence-electron chi connectivity index (χ0n) is 18.0. The van der Waals surface area contributed by atoms with E-state index >= 15 is 0 Å². The van der Waals surface area contributed by atoms with Crippen LogP contribution in [0.15, 0.2) is 0 Å². The molecule has 0 aromatic carbocycles. The highest BCUT2D eigenvalue weighted by Gasteiger charge is 2.33. The molecule has 13 heteroatoms. The van der Waals surface area contributed by atoms with Crippen LogP contribution in [0.3, 0.4) is 0 Å². The van der Waals surface area contributed by atoms with Gasteiger partial charge in [-0.25, -0.2) is 4.79 Å². The van der Waals surface area contributed by atoms with Crippen LogP contribution >= 0.6 is 0 Å². The van der Waals surface area contributed by atoms with E-state index in [4.69, 9.17) is 16.6 Å². The number of primary amides is 1. The summed E-state index contributed by atoms with van der Waals surface area (Å²) in [6.45, 7) is 5.75. The second-order valence-electron chi connectivity index (χ2n) is 7.63. The maximum Gasteiger partial charge on any atom is 0.328 e. The molecular weight excluding hydrogens is 414 g/mol. The number of carbonyl (C=O) groups is 5. The minimum atomic E-state index is -1.67. The van der Waals surface area contributed by atoms with Gasteiger partial charge >= 0.3 is 5.97 Å². The minimum Gasteiger partial charge on any atom is -0.480 e. The Balaban J connectivity index is 5.51. The lowest BCUT2D eigenvalue weighted by Gasteiger charge is -2.27. The van der Waals surface area contributed by atoms with E-state index in [-0.39, 0.29) is 18.8 Å². The molecule has 178 valence electrons. The molecule has 0 heterocycles. The van der Waals surface area contributed by atoms with Gasteiger partial charge in [0.15, 0.2) is 6.04 Å². The zero-order chi connectivity index (χ0) is 24.5. The quantitative estimate of drug-likeness (QED) is 0.140. The summed E-state index contributed by atoms with van der Waals surface area (Å²) in [5, 5.41) is 35.2. The Morgan fingerprint density at radius 1 is 0.806 bits per heavy atom. The molecule has 0 spiro atoms. The van der Waals surface area contributed by atoms with Crippen molar-refractivity contribution in [3.63, 3.8) is 0 Å². The van der Waals surface area contributed by atoms with E-state index < -0.39 is 66.0 Å². The van der Waals surface area contributed by atoms with Crippen molar-refractivity contribution < 1.29 is 39.3 Å². The summed E-state index contributed by atoms with van der Waals surface area (Å²) in [5.74, 6) is -5.21. The van der Waals surface area contributed by atoms with Crippen LogP contribution in [0.4, 0.5) is 0 Å². The predicted molar refractivity (Wildman–Crippen MR) is 108 cm³/mol. The van der Waals surface area contributed by atoms with Gasteiger partial charge in [-0.1, -0.05) is 13.8 Å². The first kappa shape index (κ1) is 28.2. The second-order valence-corrected chi connectivity index (χ2v) is 7.63. The standard InChI is InChI=1S/C18H33N5O8/c1-7(2)12(20)16(28)22-13(8(3)24)17(29)21-10(5-6-11(19)26)15(27)23-14(9(4)25)18(30)31/h7-10,12-14,24-25H,5-6,20H2,1-4H3,(H2,19,26)(H,21,29)(H,22,28)(H,23,27)(H,30,31). The first-order chi connectivity index (χ1) is 14.2. The first-order valence-corrected chi connectivity index (χ1v) is 9.72. The summed E-state index contributed by atoms with van der Waals surface area (Å²) >= 11 is 0. The molecule has 4 amide bonds. The number of carboxylic acids is 1. The van der Waals surface area contributed by atoms with Gasteiger partial charge < -0.3 is 42.7 Å². The van der Waals surface area contributed by atoms with Crippen LogP contribution in [0, 0.1) is 5.92 Å². The highest BCUT2D eigenvalue weighted by Crippen LogP contribution is 2.05. The van der Waals surface area contributed by atoms with Gasteiger partial charge in [-0.15, -0.1) is 0 Å². The lowest BCUT2D eigenvalue weighted by Crippen LogP contribution is -2.60. The molecule has 0 fully saturated rings. The van der Waals surface area contributed by atoms with Gasteiger partial charge in [0, 0.05) is 6.42 Å². The summed E-state index contributed by atoms with van der Waals surface area (Å²) in [5.41, 5.74) is 10.8. The third-order valence-electron chi connectivity index (χ3n) is 4.44. The Kier molecular flexibility index (Phi) is 11.7. The van der Waals surface area contributed by atoms with Gasteiger partial charge in [0.05, 0.1) is 18.2 Å². The van der Waals surface area contributed by atoms with Crippen LogP contribution in [0.5, 0.6) is 0 Å². The number of nitrogens with one attached hydrogen (secondary N) is 3. The lowest BCUT2D eigenvalue weighted by atomic mass is 10.0. The summed E-state index contributed by atoms with van der Waals surface area (Å²) in [6.07, 6.45) is -3.43. The number of hydrogen-bond acceptors (Lipinski definition) is 8. The Labute approximate surface area is 179 Å². The van der Waals surface area contributed by atoms with Crippen molar-refractivity contribution in [2.75, 3.05) is 0 Å². The summed E-state index contributed by atoms with van der Waals surface area (Å²) < 4.78 is 0. The fourth-order valence-electron chi connectivity index (χ4n) is 2.42. The van der Waals surface area contributed by atoms with Gasteiger partial charge in [0.2, 0.25) is 23.6 Å². The Morgan fingerprint density at radius 3 is 1.68 bits per heavy atom. The van der Waals surface area contributed by atoms with Crippen molar-refractivity contribution in [2.45, 2.75) is 76.9 Å². The Hall–Kier alpha value is -2.77. The highest BCUT2D eigenvalue weighted by molar-refractivity contribution is 5.94. The number of rotatable bonds is 13. The maximum absolute atomic E-state index is 12.6. The topological polar surface area (TPSA) is 234 Å². The van der Waals surface area contributed by atoms with E-state index in [9.17, 15) is 34.2 Å². The van der Waals surface area contributed by atoms with Crippen LogP contribution < -0.4 is 27.4 Å². The third kappa shape index (κ3) is 9.72. The molecule has 0 rings (SSSR count). The second kappa shape index (κ2) is 12.8. The number of amides is 4. The van der Waals surface area contributed by atoms with Crippen LogP contribution in [0.2, 0.25) is 0 Å². The number of carboxylic acid groups (broad SMARTS) is 1. The Morgan fingerprint density at radius 2 is 1.29 bits per heavy atom. The average molecular weight is 447 g/mol. The smallest absolute Gasteiger partial charge is 0.328 e. The van der Waals surface area contributed by atoms with Gasteiger partial charge in [-0.3, -0.25) is 19.2 Å². The van der Waals surface area contributed by atoms with E-state index in [1.807, 2.05) is 0 Å². The van der Waals surface area contributed by atoms with E-state index in [0.29, 0.717) is 0 Å². The van der Waals surface area contributed by atoms with E-state index in [2.05, 4.69) is 16.0 Å². The fraction of sp³-hybridized carbons (Fsp3) is 0.722. The average Bonchev–Trinajstić information content (AvgIpc) is 2.64. The van der Waals surface area contributed by atoms with Crippen molar-refractivity contribution in [1.29, 1.82) is 0 Å². The SMILES string of the molecule is CC(C)C(N)C(=O)NC(C(=O)NC(CCC(N)=O)C(=O)NC(C(=O)O)C(C)O)C(C)O. The summed E-state index contributed by atoms with van der Waals surface area (Å²) in [7, 11) is 0. The zero-order valence-corrected chi connectivity index (χ0v) is 18.0. The molecule has 10 N–H and O–H groups in total. The van der Waals surface area contributed by atoms with Gasteiger partial charge in [0.25, 0.3) is 0 Å². The Bertz CT molecular complexity index is 667. The molecule has 0 radical (unpaired) electrons. The molecule has 0 bridgehead atoms. The number of nitrogens with two attached hydrogens (primary N) is 2. The van der Waals surface area contributed by atoms with Crippen molar-refractivity contribution >= 4 is 29.6 Å². The molecule has 0 saturated heterocycles. The van der Waals surface area contributed by atoms with Crippen LogP contribution in [0.25, 0.3) is 0 Å². The fourth-order valence-corrected chi connectivity index (χ4v) is 2.42. The van der Waals surface area contributed by atoms with Crippen molar-refractivity contribution in [3.05, 3.63) is 0 Å². The molecule has 0 aromatic rings. The third-order valence-corrected chi connectivity index (χ3v) is 4.44. The molecule has 6 atom stereocenters. The maximum atomic E-state index is 12.6. The van der Waals surface area contributed by atoms with Crippen LogP contribution in [0.1, 0.15) is 40.5 Å². The molecule has 0 aliphatic heterocycles. The van der Waals surface area contributed by atoms with E-state index in [1.54, 1.807) is 13.8 Å².